The first kappa shape index (κ1) is 18.8. The molecule has 0 aromatic heterocycles. The Morgan fingerprint density at radius 1 is 1.19 bits per heavy atom. The van der Waals surface area contributed by atoms with Gasteiger partial charge in [0.1, 0.15) is 11.8 Å². The van der Waals surface area contributed by atoms with Crippen LogP contribution in [0.5, 0.6) is 5.75 Å². The lowest BCUT2D eigenvalue weighted by Crippen LogP contribution is -2.40. The second-order valence-corrected chi connectivity index (χ2v) is 5.55. The molecule has 0 aliphatic heterocycles. The van der Waals surface area contributed by atoms with Gasteiger partial charge in [0, 0.05) is 17.3 Å². The van der Waals surface area contributed by atoms with Gasteiger partial charge in [0.15, 0.2) is 0 Å². The fourth-order valence-corrected chi connectivity index (χ4v) is 2.15. The molecule has 0 saturated carbocycles. The standard InChI is InChI=1S/C21H20N2O3/c1-4-16-6-5-7-18(14-16)23-21(25)15(2)22-20(24)13-10-17-8-11-19(26-3)12-9-17/h1,5-15H,2-3H3,(H,22,24)(H,23,25)/b13-10+. The summed E-state index contributed by atoms with van der Waals surface area (Å²) >= 11 is 0. The molecule has 0 radical (unpaired) electrons. The van der Waals surface area contributed by atoms with E-state index in [0.29, 0.717) is 11.3 Å². The van der Waals surface area contributed by atoms with Gasteiger partial charge in [0.25, 0.3) is 0 Å². The van der Waals surface area contributed by atoms with Crippen molar-refractivity contribution in [2.75, 3.05) is 12.4 Å². The van der Waals surface area contributed by atoms with E-state index in [2.05, 4.69) is 16.6 Å². The zero-order valence-corrected chi connectivity index (χ0v) is 14.7. The van der Waals surface area contributed by atoms with Gasteiger partial charge in [0.05, 0.1) is 7.11 Å². The highest BCUT2D eigenvalue weighted by Crippen LogP contribution is 2.12. The van der Waals surface area contributed by atoms with E-state index < -0.39 is 6.04 Å². The van der Waals surface area contributed by atoms with Gasteiger partial charge in [-0.15, -0.1) is 6.42 Å². The Morgan fingerprint density at radius 2 is 1.92 bits per heavy atom. The summed E-state index contributed by atoms with van der Waals surface area (Å²) in [6, 6.07) is 13.5. The Labute approximate surface area is 153 Å². The van der Waals surface area contributed by atoms with Crippen molar-refractivity contribution in [3.05, 3.63) is 65.7 Å². The van der Waals surface area contributed by atoms with Crippen LogP contribution in [0.3, 0.4) is 0 Å². The van der Waals surface area contributed by atoms with Crippen molar-refractivity contribution in [3.63, 3.8) is 0 Å². The van der Waals surface area contributed by atoms with Gasteiger partial charge in [-0.25, -0.2) is 0 Å². The first-order valence-corrected chi connectivity index (χ1v) is 8.02. The van der Waals surface area contributed by atoms with Gasteiger partial charge < -0.3 is 15.4 Å². The van der Waals surface area contributed by atoms with Gasteiger partial charge in [-0.05, 0) is 48.9 Å². The van der Waals surface area contributed by atoms with Gasteiger partial charge in [-0.2, -0.15) is 0 Å². The van der Waals surface area contributed by atoms with E-state index in [1.54, 1.807) is 56.5 Å². The molecule has 0 aliphatic rings. The topological polar surface area (TPSA) is 67.4 Å². The van der Waals surface area contributed by atoms with Crippen LogP contribution in [0, 0.1) is 12.3 Å². The molecule has 2 aromatic carbocycles. The molecule has 5 heteroatoms. The van der Waals surface area contributed by atoms with E-state index in [-0.39, 0.29) is 11.8 Å². The molecule has 2 amide bonds. The summed E-state index contributed by atoms with van der Waals surface area (Å²) in [5.41, 5.74) is 2.10. The number of hydrogen-bond donors (Lipinski definition) is 2. The second kappa shape index (κ2) is 9.09. The highest BCUT2D eigenvalue weighted by atomic mass is 16.5. The number of rotatable bonds is 6. The first-order chi connectivity index (χ1) is 12.5. The number of hydrogen-bond acceptors (Lipinski definition) is 3. The largest absolute Gasteiger partial charge is 0.497 e. The molecule has 0 spiro atoms. The van der Waals surface area contributed by atoms with Crippen LogP contribution < -0.4 is 15.4 Å². The minimum atomic E-state index is -0.697. The summed E-state index contributed by atoms with van der Waals surface area (Å²) in [4.78, 5) is 24.2. The van der Waals surface area contributed by atoms with Crippen molar-refractivity contribution >= 4 is 23.6 Å². The normalized spacial score (nSPS) is 11.4. The highest BCUT2D eigenvalue weighted by molar-refractivity contribution is 5.99. The number of nitrogens with one attached hydrogen (secondary N) is 2. The lowest BCUT2D eigenvalue weighted by atomic mass is 10.2. The Bertz CT molecular complexity index is 848. The lowest BCUT2D eigenvalue weighted by Gasteiger charge is -2.13. The highest BCUT2D eigenvalue weighted by Gasteiger charge is 2.14. The Kier molecular flexibility index (Phi) is 6.58. The first-order valence-electron chi connectivity index (χ1n) is 8.02. The van der Waals surface area contributed by atoms with Crippen molar-refractivity contribution in [2.45, 2.75) is 13.0 Å². The molecular weight excluding hydrogens is 328 g/mol. The van der Waals surface area contributed by atoms with Gasteiger partial charge in [0.2, 0.25) is 11.8 Å². The fourth-order valence-electron chi connectivity index (χ4n) is 2.15. The smallest absolute Gasteiger partial charge is 0.246 e. The number of terminal acetylenes is 1. The molecule has 0 heterocycles. The predicted molar refractivity (Wildman–Crippen MR) is 103 cm³/mol. The minimum absolute atomic E-state index is 0.328. The van der Waals surface area contributed by atoms with E-state index in [9.17, 15) is 9.59 Å². The van der Waals surface area contributed by atoms with Crippen LogP contribution in [0.2, 0.25) is 0 Å². The van der Waals surface area contributed by atoms with Crippen molar-refractivity contribution in [1.29, 1.82) is 0 Å². The van der Waals surface area contributed by atoms with E-state index in [1.165, 1.54) is 6.08 Å². The number of carbonyl (C=O) groups excluding carboxylic acids is 2. The van der Waals surface area contributed by atoms with E-state index in [0.717, 1.165) is 11.3 Å². The Morgan fingerprint density at radius 3 is 2.58 bits per heavy atom. The average Bonchev–Trinajstić information content (AvgIpc) is 2.66. The number of anilines is 1. The molecule has 1 atom stereocenters. The molecule has 2 rings (SSSR count). The third kappa shape index (κ3) is 5.53. The number of benzene rings is 2. The molecule has 0 saturated heterocycles. The number of carbonyl (C=O) groups is 2. The zero-order chi connectivity index (χ0) is 18.9. The SMILES string of the molecule is C#Cc1cccc(NC(=O)C(C)NC(=O)/C=C/c2ccc(OC)cc2)c1. The van der Waals surface area contributed by atoms with Crippen molar-refractivity contribution in [3.8, 4) is 18.1 Å². The molecule has 2 aromatic rings. The number of ether oxygens (including phenoxy) is 1. The van der Waals surface area contributed by atoms with Crippen LogP contribution in [-0.4, -0.2) is 25.0 Å². The maximum absolute atomic E-state index is 12.2. The summed E-state index contributed by atoms with van der Waals surface area (Å²) in [5, 5.41) is 5.34. The molecule has 0 fully saturated rings. The molecule has 26 heavy (non-hydrogen) atoms. The van der Waals surface area contributed by atoms with E-state index in [1.807, 2.05) is 12.1 Å². The fraction of sp³-hybridized carbons (Fsp3) is 0.143. The minimum Gasteiger partial charge on any atom is -0.497 e. The lowest BCUT2D eigenvalue weighted by molar-refractivity contribution is -0.123. The third-order valence-electron chi connectivity index (χ3n) is 3.59. The summed E-state index contributed by atoms with van der Waals surface area (Å²) in [6.07, 6.45) is 8.38. The van der Waals surface area contributed by atoms with Crippen molar-refractivity contribution in [1.82, 2.24) is 5.32 Å². The Balaban J connectivity index is 1.89. The van der Waals surface area contributed by atoms with Gasteiger partial charge >= 0.3 is 0 Å². The molecule has 2 N–H and O–H groups in total. The summed E-state index contributed by atoms with van der Waals surface area (Å²) in [6.45, 7) is 1.61. The zero-order valence-electron chi connectivity index (χ0n) is 14.7. The molecule has 132 valence electrons. The predicted octanol–water partition coefficient (Wildman–Crippen LogP) is 2.83. The van der Waals surface area contributed by atoms with E-state index >= 15 is 0 Å². The maximum atomic E-state index is 12.2. The quantitative estimate of drug-likeness (QED) is 0.623. The molecule has 5 nitrogen and oxygen atoms in total. The van der Waals surface area contributed by atoms with Crippen LogP contribution in [-0.2, 0) is 9.59 Å². The third-order valence-corrected chi connectivity index (χ3v) is 3.59. The molecule has 1 unspecified atom stereocenters. The van der Waals surface area contributed by atoms with Crippen LogP contribution in [0.15, 0.2) is 54.6 Å². The average molecular weight is 348 g/mol. The number of methoxy groups -OCH3 is 1. The van der Waals surface area contributed by atoms with Gasteiger partial charge in [-0.3, -0.25) is 9.59 Å². The maximum Gasteiger partial charge on any atom is 0.246 e. The van der Waals surface area contributed by atoms with Gasteiger partial charge in [-0.1, -0.05) is 24.1 Å². The molecule has 0 aliphatic carbocycles. The Hall–Kier alpha value is -3.52. The van der Waals surface area contributed by atoms with Crippen LogP contribution >= 0.6 is 0 Å². The summed E-state index contributed by atoms with van der Waals surface area (Å²) < 4.78 is 5.08. The van der Waals surface area contributed by atoms with Crippen molar-refractivity contribution < 1.29 is 14.3 Å². The van der Waals surface area contributed by atoms with Crippen molar-refractivity contribution in [2.24, 2.45) is 0 Å². The number of amides is 2. The van der Waals surface area contributed by atoms with Crippen LogP contribution in [0.4, 0.5) is 5.69 Å². The molecule has 0 bridgehead atoms. The summed E-state index contributed by atoms with van der Waals surface area (Å²) in [5.74, 6) is 2.56. The summed E-state index contributed by atoms with van der Waals surface area (Å²) in [7, 11) is 1.59. The van der Waals surface area contributed by atoms with Crippen LogP contribution in [0.1, 0.15) is 18.1 Å². The van der Waals surface area contributed by atoms with E-state index in [4.69, 9.17) is 11.2 Å². The second-order valence-electron chi connectivity index (χ2n) is 5.55. The van der Waals surface area contributed by atoms with Crippen LogP contribution in [0.25, 0.3) is 6.08 Å². The molecular formula is C21H20N2O3. The monoisotopic (exact) mass is 348 g/mol.